The minimum atomic E-state index is 0. The summed E-state index contributed by atoms with van der Waals surface area (Å²) in [5.41, 5.74) is 0. The monoisotopic (exact) mass is 289 g/mol. The SMILES string of the molecule is Br.ClCCCN1CCCCC1CCl. The second kappa shape index (κ2) is 8.34. The summed E-state index contributed by atoms with van der Waals surface area (Å²) < 4.78 is 0. The molecule has 1 unspecified atom stereocenters. The van der Waals surface area contributed by atoms with Crippen LogP contribution in [0.5, 0.6) is 0 Å². The average molecular weight is 291 g/mol. The number of hydrogen-bond donors (Lipinski definition) is 0. The molecule has 0 saturated carbocycles. The molecule has 1 saturated heterocycles. The molecule has 0 spiro atoms. The summed E-state index contributed by atoms with van der Waals surface area (Å²) in [4.78, 5) is 2.49. The zero-order valence-electron chi connectivity index (χ0n) is 7.85. The van der Waals surface area contributed by atoms with Crippen molar-refractivity contribution in [3.8, 4) is 0 Å². The molecule has 1 heterocycles. The smallest absolute Gasteiger partial charge is 0.0379 e. The first-order valence-electron chi connectivity index (χ1n) is 4.74. The van der Waals surface area contributed by atoms with Gasteiger partial charge in [0.05, 0.1) is 0 Å². The zero-order chi connectivity index (χ0) is 8.81. The molecule has 4 heteroatoms. The Balaban J connectivity index is 0.00000144. The van der Waals surface area contributed by atoms with Gasteiger partial charge in [0.25, 0.3) is 0 Å². The molecule has 1 nitrogen and oxygen atoms in total. The van der Waals surface area contributed by atoms with Crippen LogP contribution in [0.4, 0.5) is 0 Å². The topological polar surface area (TPSA) is 3.24 Å². The third kappa shape index (κ3) is 4.87. The van der Waals surface area contributed by atoms with E-state index in [1.54, 1.807) is 0 Å². The highest BCUT2D eigenvalue weighted by atomic mass is 79.9. The quantitative estimate of drug-likeness (QED) is 0.718. The van der Waals surface area contributed by atoms with E-state index in [0.29, 0.717) is 6.04 Å². The van der Waals surface area contributed by atoms with Crippen LogP contribution in [0.15, 0.2) is 0 Å². The van der Waals surface area contributed by atoms with Crippen LogP contribution in [0.1, 0.15) is 25.7 Å². The molecule has 0 aromatic carbocycles. The largest absolute Gasteiger partial charge is 0.299 e. The van der Waals surface area contributed by atoms with Crippen LogP contribution in [0, 0.1) is 0 Å². The molecule has 1 atom stereocenters. The van der Waals surface area contributed by atoms with E-state index < -0.39 is 0 Å². The number of rotatable bonds is 4. The highest BCUT2D eigenvalue weighted by Gasteiger charge is 2.20. The van der Waals surface area contributed by atoms with E-state index in [9.17, 15) is 0 Å². The lowest BCUT2D eigenvalue weighted by atomic mass is 10.0. The highest BCUT2D eigenvalue weighted by Crippen LogP contribution is 2.18. The molecular formula is C9H18BrCl2N. The second-order valence-electron chi connectivity index (χ2n) is 3.38. The van der Waals surface area contributed by atoms with Crippen molar-refractivity contribution in [3.63, 3.8) is 0 Å². The first-order valence-corrected chi connectivity index (χ1v) is 5.81. The van der Waals surface area contributed by atoms with Crippen molar-refractivity contribution in [2.24, 2.45) is 0 Å². The fourth-order valence-corrected chi connectivity index (χ4v) is 2.26. The molecule has 0 bridgehead atoms. The van der Waals surface area contributed by atoms with E-state index in [-0.39, 0.29) is 17.0 Å². The Morgan fingerprint density at radius 3 is 2.62 bits per heavy atom. The van der Waals surface area contributed by atoms with Gasteiger partial charge in [-0.2, -0.15) is 0 Å². The van der Waals surface area contributed by atoms with Crippen molar-refractivity contribution in [1.29, 1.82) is 0 Å². The summed E-state index contributed by atoms with van der Waals surface area (Å²) in [6.07, 6.45) is 5.03. The van der Waals surface area contributed by atoms with Crippen LogP contribution >= 0.6 is 40.2 Å². The maximum Gasteiger partial charge on any atom is 0.0379 e. The van der Waals surface area contributed by atoms with Gasteiger partial charge >= 0.3 is 0 Å². The Labute approximate surface area is 102 Å². The average Bonchev–Trinajstić information content (AvgIpc) is 2.15. The summed E-state index contributed by atoms with van der Waals surface area (Å²) in [5, 5.41) is 0. The fourth-order valence-electron chi connectivity index (χ4n) is 1.79. The lowest BCUT2D eigenvalue weighted by Gasteiger charge is -2.34. The minimum absolute atomic E-state index is 0. The Morgan fingerprint density at radius 2 is 2.00 bits per heavy atom. The summed E-state index contributed by atoms with van der Waals surface area (Å²) in [6.45, 7) is 2.34. The Morgan fingerprint density at radius 1 is 1.23 bits per heavy atom. The van der Waals surface area contributed by atoms with Gasteiger partial charge in [0.15, 0.2) is 0 Å². The summed E-state index contributed by atoms with van der Waals surface area (Å²) in [7, 11) is 0. The number of piperidine rings is 1. The van der Waals surface area contributed by atoms with Crippen molar-refractivity contribution in [3.05, 3.63) is 0 Å². The van der Waals surface area contributed by atoms with Crippen LogP contribution in [-0.4, -0.2) is 35.8 Å². The predicted molar refractivity (Wildman–Crippen MR) is 65.6 cm³/mol. The van der Waals surface area contributed by atoms with Gasteiger partial charge in [0, 0.05) is 17.8 Å². The number of halogens is 3. The number of likely N-dealkylation sites (tertiary alicyclic amines) is 1. The minimum Gasteiger partial charge on any atom is -0.299 e. The molecule has 1 aliphatic heterocycles. The Kier molecular flexibility index (Phi) is 8.99. The van der Waals surface area contributed by atoms with Gasteiger partial charge in [-0.1, -0.05) is 6.42 Å². The summed E-state index contributed by atoms with van der Waals surface area (Å²) in [5.74, 6) is 1.55. The van der Waals surface area contributed by atoms with Crippen LogP contribution in [-0.2, 0) is 0 Å². The molecule has 13 heavy (non-hydrogen) atoms. The maximum absolute atomic E-state index is 5.88. The number of hydrogen-bond acceptors (Lipinski definition) is 1. The normalized spacial score (nSPS) is 24.0. The predicted octanol–water partition coefficient (Wildman–Crippen LogP) is 3.29. The van der Waals surface area contributed by atoms with Crippen LogP contribution in [0.3, 0.4) is 0 Å². The van der Waals surface area contributed by atoms with Gasteiger partial charge in [0.1, 0.15) is 0 Å². The molecule has 1 aliphatic rings. The van der Waals surface area contributed by atoms with E-state index in [0.717, 1.165) is 24.7 Å². The molecule has 80 valence electrons. The molecule has 0 aliphatic carbocycles. The van der Waals surface area contributed by atoms with Crippen LogP contribution < -0.4 is 0 Å². The van der Waals surface area contributed by atoms with Crippen molar-refractivity contribution in [2.75, 3.05) is 24.8 Å². The molecule has 0 aromatic heterocycles. The van der Waals surface area contributed by atoms with E-state index in [4.69, 9.17) is 23.2 Å². The van der Waals surface area contributed by atoms with Crippen molar-refractivity contribution >= 4 is 40.2 Å². The van der Waals surface area contributed by atoms with Crippen molar-refractivity contribution < 1.29 is 0 Å². The molecular weight excluding hydrogens is 273 g/mol. The first kappa shape index (κ1) is 14.0. The molecule has 1 rings (SSSR count). The van der Waals surface area contributed by atoms with Gasteiger partial charge in [-0.15, -0.1) is 40.2 Å². The summed E-state index contributed by atoms with van der Waals surface area (Å²) >= 11 is 11.5. The molecule has 1 fully saturated rings. The summed E-state index contributed by atoms with van der Waals surface area (Å²) in [6, 6.07) is 0.614. The standard InChI is InChI=1S/C9H17Cl2N.BrH/c10-5-3-7-12-6-2-1-4-9(12)8-11;/h9H,1-8H2;1H. The third-order valence-corrected chi connectivity index (χ3v) is 3.13. The van der Waals surface area contributed by atoms with Gasteiger partial charge < -0.3 is 0 Å². The van der Waals surface area contributed by atoms with Gasteiger partial charge in [-0.05, 0) is 32.4 Å². The van der Waals surface area contributed by atoms with Gasteiger partial charge in [-0.3, -0.25) is 4.90 Å². The third-order valence-electron chi connectivity index (χ3n) is 2.51. The molecule has 0 aromatic rings. The lowest BCUT2D eigenvalue weighted by Crippen LogP contribution is -2.41. The lowest BCUT2D eigenvalue weighted by molar-refractivity contribution is 0.164. The highest BCUT2D eigenvalue weighted by molar-refractivity contribution is 8.93. The molecule has 0 amide bonds. The first-order chi connectivity index (χ1) is 5.88. The number of alkyl halides is 2. The van der Waals surface area contributed by atoms with E-state index in [2.05, 4.69) is 4.90 Å². The van der Waals surface area contributed by atoms with Gasteiger partial charge in [0.2, 0.25) is 0 Å². The fraction of sp³-hybridized carbons (Fsp3) is 1.00. The zero-order valence-corrected chi connectivity index (χ0v) is 11.1. The van der Waals surface area contributed by atoms with Gasteiger partial charge in [-0.25, -0.2) is 0 Å². The Bertz CT molecular complexity index is 124. The van der Waals surface area contributed by atoms with E-state index in [1.165, 1.54) is 25.8 Å². The van der Waals surface area contributed by atoms with E-state index >= 15 is 0 Å². The van der Waals surface area contributed by atoms with Crippen molar-refractivity contribution in [2.45, 2.75) is 31.7 Å². The number of nitrogens with zero attached hydrogens (tertiary/aromatic N) is 1. The second-order valence-corrected chi connectivity index (χ2v) is 4.07. The van der Waals surface area contributed by atoms with Crippen LogP contribution in [0.25, 0.3) is 0 Å². The van der Waals surface area contributed by atoms with Crippen molar-refractivity contribution in [1.82, 2.24) is 4.90 Å². The molecule has 0 N–H and O–H groups in total. The van der Waals surface area contributed by atoms with E-state index in [1.807, 2.05) is 0 Å². The Hall–Kier alpha value is 1.02. The van der Waals surface area contributed by atoms with Crippen LogP contribution in [0.2, 0.25) is 0 Å². The molecule has 0 radical (unpaired) electrons. The maximum atomic E-state index is 5.88.